The standard InChI is InChI=1S/C9H15N3OS/c1-6(7(2)10)9(13)12-5-8-11-3-4-14-8/h3-4,6-7H,5,10H2,1-2H3,(H,12,13). The van der Waals surface area contributed by atoms with Gasteiger partial charge in [-0.25, -0.2) is 4.98 Å². The maximum Gasteiger partial charge on any atom is 0.224 e. The molecular weight excluding hydrogens is 198 g/mol. The molecule has 3 N–H and O–H groups in total. The summed E-state index contributed by atoms with van der Waals surface area (Å²) in [7, 11) is 0. The van der Waals surface area contributed by atoms with Crippen LogP contribution >= 0.6 is 11.3 Å². The minimum atomic E-state index is -0.157. The number of amides is 1. The fourth-order valence-corrected chi connectivity index (χ4v) is 1.46. The van der Waals surface area contributed by atoms with E-state index in [-0.39, 0.29) is 17.9 Å². The number of aromatic nitrogens is 1. The third-order valence-electron chi connectivity index (χ3n) is 2.10. The fourth-order valence-electron chi connectivity index (χ4n) is 0.903. The van der Waals surface area contributed by atoms with Crippen molar-refractivity contribution in [2.24, 2.45) is 11.7 Å². The Hall–Kier alpha value is -0.940. The zero-order valence-corrected chi connectivity index (χ0v) is 9.17. The molecule has 5 heteroatoms. The Labute approximate surface area is 87.5 Å². The highest BCUT2D eigenvalue weighted by Gasteiger charge is 2.16. The van der Waals surface area contributed by atoms with Crippen molar-refractivity contribution in [3.63, 3.8) is 0 Å². The first kappa shape index (κ1) is 11.1. The number of nitrogens with one attached hydrogen (secondary N) is 1. The molecular formula is C9H15N3OS. The number of carbonyl (C=O) groups excluding carboxylic acids is 1. The van der Waals surface area contributed by atoms with E-state index in [0.29, 0.717) is 6.54 Å². The first-order chi connectivity index (χ1) is 6.61. The molecule has 0 spiro atoms. The summed E-state index contributed by atoms with van der Waals surface area (Å²) in [6, 6.07) is -0.119. The summed E-state index contributed by atoms with van der Waals surface area (Å²) < 4.78 is 0. The molecule has 0 aliphatic rings. The molecule has 14 heavy (non-hydrogen) atoms. The summed E-state index contributed by atoms with van der Waals surface area (Å²) in [6.45, 7) is 4.14. The zero-order valence-electron chi connectivity index (χ0n) is 8.36. The van der Waals surface area contributed by atoms with Gasteiger partial charge in [-0.1, -0.05) is 6.92 Å². The molecule has 4 nitrogen and oxygen atoms in total. The minimum absolute atomic E-state index is 0.0183. The summed E-state index contributed by atoms with van der Waals surface area (Å²) >= 11 is 1.53. The Morgan fingerprint density at radius 3 is 2.93 bits per heavy atom. The Morgan fingerprint density at radius 1 is 1.71 bits per heavy atom. The van der Waals surface area contributed by atoms with Gasteiger partial charge in [-0.2, -0.15) is 0 Å². The summed E-state index contributed by atoms with van der Waals surface area (Å²) in [4.78, 5) is 15.5. The summed E-state index contributed by atoms with van der Waals surface area (Å²) in [5, 5.41) is 5.59. The van der Waals surface area contributed by atoms with Gasteiger partial charge in [0.15, 0.2) is 0 Å². The van der Waals surface area contributed by atoms with E-state index >= 15 is 0 Å². The number of carbonyl (C=O) groups is 1. The van der Waals surface area contributed by atoms with Gasteiger partial charge in [-0.3, -0.25) is 4.79 Å². The molecule has 0 fully saturated rings. The van der Waals surface area contributed by atoms with E-state index in [1.165, 1.54) is 11.3 Å². The Bertz CT molecular complexity index is 284. The van der Waals surface area contributed by atoms with Gasteiger partial charge in [0.25, 0.3) is 0 Å². The molecule has 0 aliphatic heterocycles. The fraction of sp³-hybridized carbons (Fsp3) is 0.556. The SMILES string of the molecule is CC(N)C(C)C(=O)NCc1nccs1. The highest BCUT2D eigenvalue weighted by atomic mass is 32.1. The molecule has 0 aromatic carbocycles. The van der Waals surface area contributed by atoms with Crippen LogP contribution in [0.4, 0.5) is 0 Å². The van der Waals surface area contributed by atoms with Crippen molar-refractivity contribution in [3.05, 3.63) is 16.6 Å². The van der Waals surface area contributed by atoms with Crippen LogP contribution < -0.4 is 11.1 Å². The molecule has 0 aliphatic carbocycles. The lowest BCUT2D eigenvalue weighted by molar-refractivity contribution is -0.125. The van der Waals surface area contributed by atoms with Crippen LogP contribution in [0, 0.1) is 5.92 Å². The predicted molar refractivity (Wildman–Crippen MR) is 56.8 cm³/mol. The van der Waals surface area contributed by atoms with E-state index in [0.717, 1.165) is 5.01 Å². The third-order valence-corrected chi connectivity index (χ3v) is 2.88. The molecule has 0 saturated carbocycles. The summed E-state index contributed by atoms with van der Waals surface area (Å²) in [5.41, 5.74) is 5.61. The van der Waals surface area contributed by atoms with Crippen LogP contribution in [0.1, 0.15) is 18.9 Å². The first-order valence-electron chi connectivity index (χ1n) is 4.53. The molecule has 1 aromatic rings. The van der Waals surface area contributed by atoms with E-state index in [4.69, 9.17) is 5.73 Å². The van der Waals surface area contributed by atoms with Gasteiger partial charge in [0, 0.05) is 23.5 Å². The topological polar surface area (TPSA) is 68.0 Å². The maximum atomic E-state index is 11.5. The highest BCUT2D eigenvalue weighted by Crippen LogP contribution is 2.04. The zero-order chi connectivity index (χ0) is 10.6. The number of thiazole rings is 1. The summed E-state index contributed by atoms with van der Waals surface area (Å²) in [6.07, 6.45) is 1.72. The molecule has 2 atom stereocenters. The first-order valence-corrected chi connectivity index (χ1v) is 5.41. The van der Waals surface area contributed by atoms with Gasteiger partial charge in [0.2, 0.25) is 5.91 Å². The smallest absolute Gasteiger partial charge is 0.224 e. The van der Waals surface area contributed by atoms with Gasteiger partial charge >= 0.3 is 0 Å². The van der Waals surface area contributed by atoms with Gasteiger partial charge < -0.3 is 11.1 Å². The van der Waals surface area contributed by atoms with Crippen LogP contribution in [-0.2, 0) is 11.3 Å². The van der Waals surface area contributed by atoms with E-state index in [1.807, 2.05) is 19.2 Å². The molecule has 1 aromatic heterocycles. The van der Waals surface area contributed by atoms with Crippen LogP contribution in [0.3, 0.4) is 0 Å². The van der Waals surface area contributed by atoms with Crippen molar-refractivity contribution in [2.45, 2.75) is 26.4 Å². The molecule has 0 radical (unpaired) electrons. The molecule has 1 heterocycles. The second kappa shape index (κ2) is 5.07. The van der Waals surface area contributed by atoms with Crippen LogP contribution in [0.15, 0.2) is 11.6 Å². The maximum absolute atomic E-state index is 11.5. The van der Waals surface area contributed by atoms with Gasteiger partial charge in [-0.15, -0.1) is 11.3 Å². The highest BCUT2D eigenvalue weighted by molar-refractivity contribution is 7.09. The summed E-state index contributed by atoms with van der Waals surface area (Å²) in [5.74, 6) is -0.176. The molecule has 2 unspecified atom stereocenters. The normalized spacial score (nSPS) is 14.8. The number of hydrogen-bond acceptors (Lipinski definition) is 4. The van der Waals surface area contributed by atoms with Gasteiger partial charge in [-0.05, 0) is 6.92 Å². The molecule has 0 bridgehead atoms. The third kappa shape index (κ3) is 3.08. The molecule has 78 valence electrons. The quantitative estimate of drug-likeness (QED) is 0.775. The van der Waals surface area contributed by atoms with Gasteiger partial charge in [0.1, 0.15) is 5.01 Å². The Balaban J connectivity index is 2.35. The lowest BCUT2D eigenvalue weighted by Gasteiger charge is -2.14. The second-order valence-corrected chi connectivity index (χ2v) is 4.27. The number of hydrogen-bond donors (Lipinski definition) is 2. The Kier molecular flexibility index (Phi) is 4.03. The number of nitrogens with zero attached hydrogens (tertiary/aromatic N) is 1. The van der Waals surface area contributed by atoms with Crippen molar-refractivity contribution in [1.29, 1.82) is 0 Å². The van der Waals surface area contributed by atoms with E-state index in [1.54, 1.807) is 6.20 Å². The van der Waals surface area contributed by atoms with Crippen molar-refractivity contribution < 1.29 is 4.79 Å². The van der Waals surface area contributed by atoms with Crippen molar-refractivity contribution >= 4 is 17.2 Å². The monoisotopic (exact) mass is 213 g/mol. The van der Waals surface area contributed by atoms with Crippen LogP contribution in [0.25, 0.3) is 0 Å². The van der Waals surface area contributed by atoms with Crippen LogP contribution in [0.2, 0.25) is 0 Å². The lowest BCUT2D eigenvalue weighted by Crippen LogP contribution is -2.38. The second-order valence-electron chi connectivity index (χ2n) is 3.29. The molecule has 1 rings (SSSR count). The average molecular weight is 213 g/mol. The van der Waals surface area contributed by atoms with Gasteiger partial charge in [0.05, 0.1) is 6.54 Å². The molecule has 0 saturated heterocycles. The minimum Gasteiger partial charge on any atom is -0.349 e. The average Bonchev–Trinajstić information content (AvgIpc) is 2.65. The predicted octanol–water partition coefficient (Wildman–Crippen LogP) is 0.743. The number of nitrogens with two attached hydrogens (primary N) is 1. The van der Waals surface area contributed by atoms with Crippen LogP contribution in [-0.4, -0.2) is 16.9 Å². The van der Waals surface area contributed by atoms with E-state index in [9.17, 15) is 4.79 Å². The van der Waals surface area contributed by atoms with E-state index < -0.39 is 0 Å². The number of rotatable bonds is 4. The molecule has 1 amide bonds. The van der Waals surface area contributed by atoms with Crippen molar-refractivity contribution in [1.82, 2.24) is 10.3 Å². The lowest BCUT2D eigenvalue weighted by atomic mass is 10.0. The largest absolute Gasteiger partial charge is 0.349 e. The van der Waals surface area contributed by atoms with Crippen molar-refractivity contribution in [3.8, 4) is 0 Å². The van der Waals surface area contributed by atoms with Crippen LogP contribution in [0.5, 0.6) is 0 Å². The van der Waals surface area contributed by atoms with Crippen molar-refractivity contribution in [2.75, 3.05) is 0 Å². The van der Waals surface area contributed by atoms with E-state index in [2.05, 4.69) is 10.3 Å². The Morgan fingerprint density at radius 2 is 2.43 bits per heavy atom.